The molecule has 0 spiro atoms. The predicted molar refractivity (Wildman–Crippen MR) is 77.8 cm³/mol. The van der Waals surface area contributed by atoms with E-state index in [4.69, 9.17) is 16.0 Å². The quantitative estimate of drug-likeness (QED) is 0.844. The summed E-state index contributed by atoms with van der Waals surface area (Å²) >= 11 is 9.19. The highest BCUT2D eigenvalue weighted by atomic mass is 79.9. The summed E-state index contributed by atoms with van der Waals surface area (Å²) in [6.45, 7) is 4.20. The first-order valence-corrected chi connectivity index (χ1v) is 7.00. The van der Waals surface area contributed by atoms with Gasteiger partial charge in [0.25, 0.3) is 0 Å². The fourth-order valence-corrected chi connectivity index (χ4v) is 2.31. The number of benzene rings is 1. The first-order chi connectivity index (χ1) is 8.56. The summed E-state index contributed by atoms with van der Waals surface area (Å²) in [5.41, 5.74) is 1.21. The van der Waals surface area contributed by atoms with Gasteiger partial charge >= 0.3 is 0 Å². The topological polar surface area (TPSA) is 25.2 Å². The summed E-state index contributed by atoms with van der Waals surface area (Å²) in [7, 11) is 0. The van der Waals surface area contributed by atoms with Gasteiger partial charge in [0.1, 0.15) is 5.76 Å². The standard InChI is InChI=1S/C14H15BrClNO/c1-9(11-3-5-12(16)6-4-11)17-10(2)13-7-8-14(15)18-13/h3-10,17H,1-2H3/t9-,10?/m1/s1. The van der Waals surface area contributed by atoms with Crippen LogP contribution in [0.5, 0.6) is 0 Å². The van der Waals surface area contributed by atoms with E-state index in [1.165, 1.54) is 5.56 Å². The smallest absolute Gasteiger partial charge is 0.169 e. The van der Waals surface area contributed by atoms with Crippen LogP contribution in [0.1, 0.15) is 37.3 Å². The number of hydrogen-bond donors (Lipinski definition) is 1. The van der Waals surface area contributed by atoms with Crippen molar-refractivity contribution in [2.24, 2.45) is 0 Å². The molecule has 1 aromatic heterocycles. The Morgan fingerprint density at radius 3 is 2.28 bits per heavy atom. The Morgan fingerprint density at radius 2 is 1.72 bits per heavy atom. The molecule has 0 radical (unpaired) electrons. The summed E-state index contributed by atoms with van der Waals surface area (Å²) < 4.78 is 6.29. The molecule has 2 atom stereocenters. The van der Waals surface area contributed by atoms with Gasteiger partial charge in [-0.3, -0.25) is 0 Å². The molecule has 1 N–H and O–H groups in total. The van der Waals surface area contributed by atoms with Crippen molar-refractivity contribution < 1.29 is 4.42 Å². The molecule has 4 heteroatoms. The van der Waals surface area contributed by atoms with Gasteiger partial charge < -0.3 is 9.73 Å². The highest BCUT2D eigenvalue weighted by molar-refractivity contribution is 9.10. The third-order valence-corrected chi connectivity index (χ3v) is 3.57. The largest absolute Gasteiger partial charge is 0.453 e. The number of furan rings is 1. The summed E-state index contributed by atoms with van der Waals surface area (Å²) in [4.78, 5) is 0. The van der Waals surface area contributed by atoms with Gasteiger partial charge in [-0.05, 0) is 59.6 Å². The van der Waals surface area contributed by atoms with Crippen LogP contribution in [0.25, 0.3) is 0 Å². The van der Waals surface area contributed by atoms with Crippen molar-refractivity contribution in [2.45, 2.75) is 25.9 Å². The van der Waals surface area contributed by atoms with E-state index in [-0.39, 0.29) is 12.1 Å². The molecule has 1 heterocycles. The van der Waals surface area contributed by atoms with Crippen LogP contribution in [0.15, 0.2) is 45.5 Å². The summed E-state index contributed by atoms with van der Waals surface area (Å²) in [6.07, 6.45) is 0. The van der Waals surface area contributed by atoms with E-state index in [1.807, 2.05) is 36.4 Å². The zero-order valence-electron chi connectivity index (χ0n) is 10.3. The SMILES string of the molecule is CC(N[C@H](C)c1ccc(Cl)cc1)c1ccc(Br)o1. The van der Waals surface area contributed by atoms with Crippen LogP contribution >= 0.6 is 27.5 Å². The molecule has 0 aliphatic rings. The van der Waals surface area contributed by atoms with Gasteiger partial charge in [-0.15, -0.1) is 0 Å². The lowest BCUT2D eigenvalue weighted by atomic mass is 10.1. The Morgan fingerprint density at radius 1 is 1.06 bits per heavy atom. The molecule has 1 aromatic carbocycles. The van der Waals surface area contributed by atoms with Crippen molar-refractivity contribution in [1.29, 1.82) is 0 Å². The van der Waals surface area contributed by atoms with Crippen molar-refractivity contribution >= 4 is 27.5 Å². The van der Waals surface area contributed by atoms with Gasteiger partial charge in [0, 0.05) is 11.1 Å². The number of hydrogen-bond acceptors (Lipinski definition) is 2. The van der Waals surface area contributed by atoms with Gasteiger partial charge in [-0.25, -0.2) is 0 Å². The lowest BCUT2D eigenvalue weighted by molar-refractivity contribution is 0.394. The number of rotatable bonds is 4. The second-order valence-electron chi connectivity index (χ2n) is 4.30. The van der Waals surface area contributed by atoms with E-state index in [9.17, 15) is 0 Å². The lowest BCUT2D eigenvalue weighted by Crippen LogP contribution is -2.22. The van der Waals surface area contributed by atoms with E-state index >= 15 is 0 Å². The van der Waals surface area contributed by atoms with E-state index in [0.29, 0.717) is 0 Å². The molecule has 0 saturated heterocycles. The highest BCUT2D eigenvalue weighted by Gasteiger charge is 2.13. The molecule has 0 amide bonds. The van der Waals surface area contributed by atoms with Crippen LogP contribution < -0.4 is 5.32 Å². The van der Waals surface area contributed by atoms with Crippen LogP contribution in [0.2, 0.25) is 5.02 Å². The number of halogens is 2. The van der Waals surface area contributed by atoms with Crippen molar-refractivity contribution in [2.75, 3.05) is 0 Å². The van der Waals surface area contributed by atoms with Gasteiger partial charge in [-0.2, -0.15) is 0 Å². The van der Waals surface area contributed by atoms with Crippen LogP contribution in [-0.4, -0.2) is 0 Å². The molecule has 0 saturated carbocycles. The van der Waals surface area contributed by atoms with Crippen LogP contribution in [-0.2, 0) is 0 Å². The predicted octanol–water partition coefficient (Wildman–Crippen LogP) is 5.11. The van der Waals surface area contributed by atoms with Gasteiger partial charge in [0.15, 0.2) is 4.67 Å². The summed E-state index contributed by atoms with van der Waals surface area (Å²) in [5.74, 6) is 0.919. The molecule has 0 bridgehead atoms. The third-order valence-electron chi connectivity index (χ3n) is 2.89. The molecule has 2 nitrogen and oxygen atoms in total. The third kappa shape index (κ3) is 3.37. The Bertz CT molecular complexity index is 509. The zero-order valence-corrected chi connectivity index (χ0v) is 12.6. The summed E-state index contributed by atoms with van der Waals surface area (Å²) in [5, 5.41) is 4.25. The molecule has 96 valence electrons. The fraction of sp³-hybridized carbons (Fsp3) is 0.286. The summed E-state index contributed by atoms with van der Waals surface area (Å²) in [6, 6.07) is 12.1. The average molecular weight is 329 g/mol. The van der Waals surface area contributed by atoms with Crippen molar-refractivity contribution in [3.63, 3.8) is 0 Å². The van der Waals surface area contributed by atoms with Crippen molar-refractivity contribution in [3.05, 3.63) is 57.4 Å². The second kappa shape index (κ2) is 5.91. The monoisotopic (exact) mass is 327 g/mol. The fourth-order valence-electron chi connectivity index (χ4n) is 1.87. The molecule has 0 aliphatic heterocycles. The van der Waals surface area contributed by atoms with Crippen molar-refractivity contribution in [3.8, 4) is 0 Å². The van der Waals surface area contributed by atoms with E-state index in [2.05, 4.69) is 35.1 Å². The van der Waals surface area contributed by atoms with Gasteiger partial charge in [0.05, 0.1) is 6.04 Å². The lowest BCUT2D eigenvalue weighted by Gasteiger charge is -2.19. The first-order valence-electron chi connectivity index (χ1n) is 5.83. The molecular weight excluding hydrogens is 314 g/mol. The highest BCUT2D eigenvalue weighted by Crippen LogP contribution is 2.23. The van der Waals surface area contributed by atoms with Crippen LogP contribution in [0, 0.1) is 0 Å². The minimum absolute atomic E-state index is 0.155. The zero-order chi connectivity index (χ0) is 13.1. The molecule has 1 unspecified atom stereocenters. The Kier molecular flexibility index (Phi) is 4.49. The van der Waals surface area contributed by atoms with E-state index in [1.54, 1.807) is 0 Å². The van der Waals surface area contributed by atoms with Gasteiger partial charge in [0.2, 0.25) is 0 Å². The van der Waals surface area contributed by atoms with E-state index in [0.717, 1.165) is 15.5 Å². The second-order valence-corrected chi connectivity index (χ2v) is 5.52. The Balaban J connectivity index is 2.02. The van der Waals surface area contributed by atoms with Crippen LogP contribution in [0.3, 0.4) is 0 Å². The molecular formula is C14H15BrClNO. The average Bonchev–Trinajstić information content (AvgIpc) is 2.76. The Hall–Kier alpha value is -0.770. The minimum atomic E-state index is 0.155. The maximum Gasteiger partial charge on any atom is 0.169 e. The Labute approximate surface area is 120 Å². The first kappa shape index (κ1) is 13.7. The minimum Gasteiger partial charge on any atom is -0.453 e. The number of nitrogens with one attached hydrogen (secondary N) is 1. The van der Waals surface area contributed by atoms with Crippen LogP contribution in [0.4, 0.5) is 0 Å². The van der Waals surface area contributed by atoms with E-state index < -0.39 is 0 Å². The normalized spacial score (nSPS) is 14.4. The van der Waals surface area contributed by atoms with Crippen molar-refractivity contribution in [1.82, 2.24) is 5.32 Å². The maximum atomic E-state index is 5.88. The van der Waals surface area contributed by atoms with Gasteiger partial charge in [-0.1, -0.05) is 23.7 Å². The maximum absolute atomic E-state index is 5.88. The molecule has 0 aliphatic carbocycles. The molecule has 0 fully saturated rings. The molecule has 2 aromatic rings. The molecule has 2 rings (SSSR count). The molecule has 18 heavy (non-hydrogen) atoms.